The second-order valence-corrected chi connectivity index (χ2v) is 5.16. The summed E-state index contributed by atoms with van der Waals surface area (Å²) in [6.45, 7) is -0.470. The number of aromatic nitrogens is 1. The van der Waals surface area contributed by atoms with Gasteiger partial charge in [0.15, 0.2) is 0 Å². The fraction of sp³-hybridized carbons (Fsp3) is 0.231. The van der Waals surface area contributed by atoms with Gasteiger partial charge in [0, 0.05) is 18.1 Å². The molecule has 4 nitrogen and oxygen atoms in total. The molecule has 1 N–H and O–H groups in total. The van der Waals surface area contributed by atoms with Crippen molar-refractivity contribution in [2.24, 2.45) is 0 Å². The molecule has 0 atom stereocenters. The second-order valence-electron chi connectivity index (χ2n) is 4.30. The molecular formula is C13H9F5N2O2S. The Morgan fingerprint density at radius 3 is 2.35 bits per heavy atom. The summed E-state index contributed by atoms with van der Waals surface area (Å²) >= 11 is 1.26. The summed E-state index contributed by atoms with van der Waals surface area (Å²) in [4.78, 5) is 14.8. The number of nitrogens with zero attached hydrogens (tertiary/aromatic N) is 1. The van der Waals surface area contributed by atoms with Gasteiger partial charge in [0.2, 0.25) is 0 Å². The van der Waals surface area contributed by atoms with Crippen molar-refractivity contribution in [3.8, 4) is 10.9 Å². The van der Waals surface area contributed by atoms with Crippen molar-refractivity contribution in [3.63, 3.8) is 0 Å². The molecule has 1 heterocycles. The summed E-state index contributed by atoms with van der Waals surface area (Å²) in [5.41, 5.74) is 0.336. The van der Waals surface area contributed by atoms with Crippen molar-refractivity contribution < 1.29 is 31.5 Å². The summed E-state index contributed by atoms with van der Waals surface area (Å²) in [6.07, 6.45) is -4.38. The minimum Gasteiger partial charge on any atom is -0.431 e. The predicted octanol–water partition coefficient (Wildman–Crippen LogP) is 3.75. The smallest absolute Gasteiger partial charge is 0.431 e. The molecule has 0 spiro atoms. The molecule has 0 saturated carbocycles. The number of rotatable bonds is 5. The van der Waals surface area contributed by atoms with E-state index < -0.39 is 24.6 Å². The molecular weight excluding hydrogens is 343 g/mol. The Bertz CT molecular complexity index is 656. The van der Waals surface area contributed by atoms with Crippen LogP contribution in [-0.2, 0) is 11.3 Å². The van der Waals surface area contributed by atoms with Crippen LogP contribution >= 0.6 is 11.3 Å². The molecule has 1 aromatic heterocycles. The molecule has 0 fully saturated rings. The Hall–Kier alpha value is -2.23. The number of carbonyl (C=O) groups is 1. The zero-order chi connectivity index (χ0) is 17.1. The summed E-state index contributed by atoms with van der Waals surface area (Å²) in [5, 5.41) is 3.66. The summed E-state index contributed by atoms with van der Waals surface area (Å²) < 4.78 is 66.9. The topological polar surface area (TPSA) is 51.2 Å². The number of carbonyl (C=O) groups excluding carboxylic acids is 1. The average Bonchev–Trinajstić information content (AvgIpc) is 2.98. The molecule has 0 unspecified atom stereocenters. The molecule has 0 aliphatic carbocycles. The van der Waals surface area contributed by atoms with Crippen molar-refractivity contribution in [1.82, 2.24) is 10.3 Å². The van der Waals surface area contributed by atoms with Gasteiger partial charge < -0.3 is 10.1 Å². The number of thiazole rings is 1. The summed E-state index contributed by atoms with van der Waals surface area (Å²) in [7, 11) is 0. The Morgan fingerprint density at radius 1 is 1.17 bits per heavy atom. The fourth-order valence-corrected chi connectivity index (χ4v) is 1.96. The lowest BCUT2D eigenvalue weighted by molar-refractivity contribution is -0.269. The molecule has 10 heteroatoms. The molecule has 23 heavy (non-hydrogen) atoms. The van der Waals surface area contributed by atoms with E-state index in [1.54, 1.807) is 16.9 Å². The van der Waals surface area contributed by atoms with Crippen LogP contribution in [0.25, 0.3) is 0 Å². The van der Waals surface area contributed by atoms with Crippen LogP contribution in [-0.4, -0.2) is 23.0 Å². The number of hydrogen-bond donors (Lipinski definition) is 1. The molecule has 1 aromatic carbocycles. The third-order valence-electron chi connectivity index (χ3n) is 2.63. The highest BCUT2D eigenvalue weighted by atomic mass is 32.1. The van der Waals surface area contributed by atoms with Crippen LogP contribution in [0.4, 0.5) is 22.0 Å². The number of hydrogen-bond acceptors (Lipinski definition) is 4. The van der Waals surface area contributed by atoms with E-state index >= 15 is 0 Å². The maximum Gasteiger partial charge on any atom is 0.463 e. The zero-order valence-corrected chi connectivity index (χ0v) is 12.0. The van der Waals surface area contributed by atoms with E-state index in [9.17, 15) is 26.7 Å². The van der Waals surface area contributed by atoms with E-state index in [1.165, 1.54) is 35.6 Å². The Labute approximate surface area is 130 Å². The van der Waals surface area contributed by atoms with E-state index in [0.717, 1.165) is 0 Å². The monoisotopic (exact) mass is 352 g/mol. The number of alkyl halides is 5. The van der Waals surface area contributed by atoms with Crippen LogP contribution < -0.4 is 10.1 Å². The number of benzene rings is 1. The molecule has 1 amide bonds. The first kappa shape index (κ1) is 17.1. The van der Waals surface area contributed by atoms with Crippen molar-refractivity contribution >= 4 is 17.2 Å². The third-order valence-corrected chi connectivity index (χ3v) is 3.28. The van der Waals surface area contributed by atoms with Gasteiger partial charge in [0.25, 0.3) is 5.19 Å². The molecule has 0 aliphatic rings. The maximum atomic E-state index is 12.7. The Balaban J connectivity index is 1.93. The van der Waals surface area contributed by atoms with Crippen LogP contribution in [0.2, 0.25) is 0 Å². The number of nitrogens with one attached hydrogen (secondary N) is 1. The molecule has 0 saturated heterocycles. The highest BCUT2D eigenvalue weighted by Crippen LogP contribution is 2.35. The van der Waals surface area contributed by atoms with Gasteiger partial charge in [-0.05, 0) is 17.7 Å². The molecule has 0 bridgehead atoms. The van der Waals surface area contributed by atoms with E-state index in [4.69, 9.17) is 4.74 Å². The average molecular weight is 352 g/mol. The van der Waals surface area contributed by atoms with Gasteiger partial charge in [-0.1, -0.05) is 23.5 Å². The lowest BCUT2D eigenvalue weighted by Crippen LogP contribution is -2.50. The Morgan fingerprint density at radius 2 is 1.83 bits per heavy atom. The second kappa shape index (κ2) is 6.49. The van der Waals surface area contributed by atoms with Gasteiger partial charge in [-0.15, -0.1) is 0 Å². The highest BCUT2D eigenvalue weighted by molar-refractivity contribution is 7.11. The van der Waals surface area contributed by atoms with Gasteiger partial charge >= 0.3 is 18.0 Å². The summed E-state index contributed by atoms with van der Waals surface area (Å²) in [6, 6.07) is 5.81. The van der Waals surface area contributed by atoms with E-state index in [1.807, 2.05) is 0 Å². The summed E-state index contributed by atoms with van der Waals surface area (Å²) in [5.74, 6) is -7.41. The van der Waals surface area contributed by atoms with Gasteiger partial charge in [-0.3, -0.25) is 4.79 Å². The SMILES string of the molecule is O=C(NCc1ccc(Oc2nccs2)cc1)C(F)(F)C(F)(F)F. The van der Waals surface area contributed by atoms with Crippen molar-refractivity contribution in [3.05, 3.63) is 41.4 Å². The molecule has 0 radical (unpaired) electrons. The minimum absolute atomic E-state index is 0.336. The van der Waals surface area contributed by atoms with Crippen LogP contribution in [0.3, 0.4) is 0 Å². The number of ether oxygens (including phenoxy) is 1. The van der Waals surface area contributed by atoms with Crippen molar-refractivity contribution in [1.29, 1.82) is 0 Å². The van der Waals surface area contributed by atoms with Gasteiger partial charge in [-0.2, -0.15) is 22.0 Å². The van der Waals surface area contributed by atoms with Gasteiger partial charge in [0.05, 0.1) is 0 Å². The van der Waals surface area contributed by atoms with Crippen LogP contribution in [0.15, 0.2) is 35.8 Å². The highest BCUT2D eigenvalue weighted by Gasteiger charge is 2.63. The van der Waals surface area contributed by atoms with Gasteiger partial charge in [-0.25, -0.2) is 4.98 Å². The van der Waals surface area contributed by atoms with E-state index in [2.05, 4.69) is 4.98 Å². The van der Waals surface area contributed by atoms with Crippen LogP contribution in [0.5, 0.6) is 10.9 Å². The first-order valence-electron chi connectivity index (χ1n) is 6.09. The largest absolute Gasteiger partial charge is 0.463 e. The first-order chi connectivity index (χ1) is 10.7. The molecule has 2 aromatic rings. The van der Waals surface area contributed by atoms with Crippen LogP contribution in [0.1, 0.15) is 5.56 Å². The molecule has 0 aliphatic heterocycles. The lowest BCUT2D eigenvalue weighted by Gasteiger charge is -2.18. The van der Waals surface area contributed by atoms with Gasteiger partial charge in [0.1, 0.15) is 5.75 Å². The Kier molecular flexibility index (Phi) is 4.83. The molecule has 2 rings (SSSR count). The minimum atomic E-state index is -5.93. The van der Waals surface area contributed by atoms with Crippen molar-refractivity contribution in [2.45, 2.75) is 18.6 Å². The fourth-order valence-electron chi connectivity index (χ4n) is 1.46. The van der Waals surface area contributed by atoms with Crippen LogP contribution in [0, 0.1) is 0 Å². The lowest BCUT2D eigenvalue weighted by atomic mass is 10.2. The quantitative estimate of drug-likeness (QED) is 0.834. The number of amides is 1. The zero-order valence-electron chi connectivity index (χ0n) is 11.2. The molecule has 124 valence electrons. The normalized spacial score (nSPS) is 12.0. The predicted molar refractivity (Wildman–Crippen MR) is 71.5 cm³/mol. The van der Waals surface area contributed by atoms with E-state index in [0.29, 0.717) is 16.5 Å². The maximum absolute atomic E-state index is 12.7. The standard InChI is InChI=1S/C13H9F5N2O2S/c14-12(15,13(16,17)18)10(21)20-7-8-1-3-9(4-2-8)22-11-19-5-6-23-11/h1-6H,7H2,(H,20,21). The third kappa shape index (κ3) is 4.15. The van der Waals surface area contributed by atoms with E-state index in [-0.39, 0.29) is 0 Å². The number of halogens is 5. The van der Waals surface area contributed by atoms with Crippen molar-refractivity contribution in [2.75, 3.05) is 0 Å². The first-order valence-corrected chi connectivity index (χ1v) is 6.97.